The number of urea groups is 1. The zero-order chi connectivity index (χ0) is 22.0. The topological polar surface area (TPSA) is 58.6 Å². The van der Waals surface area contributed by atoms with Crippen LogP contribution in [0.3, 0.4) is 0 Å². The maximum absolute atomic E-state index is 12.7. The lowest BCUT2D eigenvalue weighted by molar-refractivity contribution is -0.113. The number of anilines is 1. The minimum absolute atomic E-state index is 0.200. The van der Waals surface area contributed by atoms with Gasteiger partial charge in [-0.25, -0.2) is 9.69 Å². The van der Waals surface area contributed by atoms with Gasteiger partial charge in [0.1, 0.15) is 18.1 Å². The molecule has 1 heterocycles. The summed E-state index contributed by atoms with van der Waals surface area (Å²) in [7, 11) is 0. The highest BCUT2D eigenvalue weighted by atomic mass is 127. The Labute approximate surface area is 202 Å². The van der Waals surface area contributed by atoms with E-state index in [4.69, 9.17) is 27.9 Å². The maximum atomic E-state index is 12.7. The molecule has 1 aliphatic rings. The molecule has 1 N–H and O–H groups in total. The summed E-state index contributed by atoms with van der Waals surface area (Å²) >= 11 is 14.0. The normalized spacial score (nSPS) is 14.8. The Morgan fingerprint density at radius 2 is 1.58 bits per heavy atom. The first-order chi connectivity index (χ1) is 14.9. The van der Waals surface area contributed by atoms with Crippen LogP contribution in [-0.2, 0) is 11.4 Å². The van der Waals surface area contributed by atoms with Gasteiger partial charge in [-0.05, 0) is 88.3 Å². The molecule has 5 nitrogen and oxygen atoms in total. The van der Waals surface area contributed by atoms with Crippen molar-refractivity contribution in [1.29, 1.82) is 0 Å². The number of carbonyl (C=O) groups is 2. The number of hydrogen-bond donors (Lipinski definition) is 1. The molecule has 3 aromatic rings. The van der Waals surface area contributed by atoms with Crippen molar-refractivity contribution in [2.24, 2.45) is 0 Å². The SMILES string of the molecule is O=C1N/C(=C/c2ccc(OCc3ccc(Cl)cc3)c(I)c2)C(=O)N1c1ccc(Cl)cc1. The highest BCUT2D eigenvalue weighted by molar-refractivity contribution is 14.1. The van der Waals surface area contributed by atoms with Gasteiger partial charge in [-0.2, -0.15) is 0 Å². The smallest absolute Gasteiger partial charge is 0.333 e. The van der Waals surface area contributed by atoms with Crippen LogP contribution < -0.4 is 15.0 Å². The Balaban J connectivity index is 1.49. The van der Waals surface area contributed by atoms with E-state index in [0.717, 1.165) is 25.3 Å². The summed E-state index contributed by atoms with van der Waals surface area (Å²) in [4.78, 5) is 26.1. The number of ether oxygens (including phenoxy) is 1. The number of nitrogens with one attached hydrogen (secondary N) is 1. The summed E-state index contributed by atoms with van der Waals surface area (Å²) < 4.78 is 6.77. The zero-order valence-corrected chi connectivity index (χ0v) is 19.6. The predicted octanol–water partition coefficient (Wildman–Crippen LogP) is 6.27. The Kier molecular flexibility index (Phi) is 6.50. The zero-order valence-electron chi connectivity index (χ0n) is 15.9. The number of halogens is 3. The second-order valence-electron chi connectivity index (χ2n) is 6.71. The monoisotopic (exact) mass is 564 g/mol. The number of benzene rings is 3. The first-order valence-electron chi connectivity index (χ1n) is 9.20. The van der Waals surface area contributed by atoms with E-state index in [2.05, 4.69) is 27.9 Å². The minimum atomic E-state index is -0.504. The molecule has 0 spiro atoms. The van der Waals surface area contributed by atoms with E-state index in [0.29, 0.717) is 22.3 Å². The Bertz CT molecular complexity index is 1180. The number of rotatable bonds is 5. The molecule has 0 atom stereocenters. The molecule has 1 aliphatic heterocycles. The Morgan fingerprint density at radius 3 is 2.23 bits per heavy atom. The van der Waals surface area contributed by atoms with Gasteiger partial charge in [-0.1, -0.05) is 41.4 Å². The number of amides is 3. The highest BCUT2D eigenvalue weighted by Crippen LogP contribution is 2.27. The molecule has 156 valence electrons. The first-order valence-corrected chi connectivity index (χ1v) is 11.0. The molecule has 0 aliphatic carbocycles. The number of carbonyl (C=O) groups excluding carboxylic acids is 2. The summed E-state index contributed by atoms with van der Waals surface area (Å²) in [6.45, 7) is 0.415. The Morgan fingerprint density at radius 1 is 0.935 bits per heavy atom. The lowest BCUT2D eigenvalue weighted by Gasteiger charge is -2.11. The molecule has 0 aromatic heterocycles. The second kappa shape index (κ2) is 9.30. The molecule has 3 amide bonds. The van der Waals surface area contributed by atoms with Gasteiger partial charge in [0, 0.05) is 10.0 Å². The summed E-state index contributed by atoms with van der Waals surface area (Å²) in [6.07, 6.45) is 1.64. The summed E-state index contributed by atoms with van der Waals surface area (Å²) in [6, 6.07) is 19.0. The van der Waals surface area contributed by atoms with Crippen LogP contribution in [0.2, 0.25) is 10.0 Å². The summed E-state index contributed by atoms with van der Waals surface area (Å²) in [5.74, 6) is 0.299. The average Bonchev–Trinajstić information content (AvgIpc) is 3.02. The molecular formula is C23H15Cl2IN2O3. The van der Waals surface area contributed by atoms with Gasteiger partial charge in [-0.3, -0.25) is 4.79 Å². The fourth-order valence-corrected chi connectivity index (χ4v) is 3.94. The van der Waals surface area contributed by atoms with Crippen LogP contribution in [0.1, 0.15) is 11.1 Å². The van der Waals surface area contributed by atoms with Gasteiger partial charge in [0.2, 0.25) is 0 Å². The minimum Gasteiger partial charge on any atom is -0.488 e. The van der Waals surface area contributed by atoms with Crippen LogP contribution in [-0.4, -0.2) is 11.9 Å². The van der Waals surface area contributed by atoms with Gasteiger partial charge in [0.25, 0.3) is 5.91 Å². The van der Waals surface area contributed by atoms with Gasteiger partial charge >= 0.3 is 6.03 Å². The van der Waals surface area contributed by atoms with E-state index in [-0.39, 0.29) is 5.70 Å². The highest BCUT2D eigenvalue weighted by Gasteiger charge is 2.34. The van der Waals surface area contributed by atoms with Crippen LogP contribution in [0, 0.1) is 3.57 Å². The Hall–Kier alpha value is -2.55. The maximum Gasteiger partial charge on any atom is 0.333 e. The molecule has 0 saturated carbocycles. The number of nitrogens with zero attached hydrogens (tertiary/aromatic N) is 1. The third-order valence-electron chi connectivity index (χ3n) is 4.54. The van der Waals surface area contributed by atoms with Crippen molar-refractivity contribution in [3.8, 4) is 5.75 Å². The lowest BCUT2D eigenvalue weighted by Crippen LogP contribution is -2.30. The van der Waals surface area contributed by atoms with Crippen LogP contribution >= 0.6 is 45.8 Å². The molecule has 4 rings (SSSR count). The molecule has 1 saturated heterocycles. The molecule has 3 aromatic carbocycles. The van der Waals surface area contributed by atoms with Crippen LogP contribution in [0.15, 0.2) is 72.4 Å². The standard InChI is InChI=1S/C23H15Cl2IN2O3/c24-16-4-1-14(2-5-16)13-31-21-10-3-15(11-19(21)26)12-20-22(29)28(23(30)27-20)18-8-6-17(25)7-9-18/h1-12H,13H2,(H,27,30)/b20-12+. The molecule has 0 bridgehead atoms. The van der Waals surface area contributed by atoms with E-state index < -0.39 is 11.9 Å². The van der Waals surface area contributed by atoms with E-state index in [1.165, 1.54) is 0 Å². The van der Waals surface area contributed by atoms with Gasteiger partial charge < -0.3 is 10.1 Å². The molecule has 8 heteroatoms. The van der Waals surface area contributed by atoms with Crippen molar-refractivity contribution < 1.29 is 14.3 Å². The van der Waals surface area contributed by atoms with Gasteiger partial charge in [0.05, 0.1) is 9.26 Å². The van der Waals surface area contributed by atoms with Crippen LogP contribution in [0.25, 0.3) is 6.08 Å². The number of hydrogen-bond acceptors (Lipinski definition) is 3. The molecular weight excluding hydrogens is 550 g/mol. The van der Waals surface area contributed by atoms with Crippen molar-refractivity contribution in [1.82, 2.24) is 5.32 Å². The fraction of sp³-hybridized carbons (Fsp3) is 0.0435. The molecule has 1 fully saturated rings. The van der Waals surface area contributed by atoms with Crippen LogP contribution in [0.5, 0.6) is 5.75 Å². The van der Waals surface area contributed by atoms with Gasteiger partial charge in [-0.15, -0.1) is 0 Å². The van der Waals surface area contributed by atoms with Crippen molar-refractivity contribution in [3.05, 3.63) is 97.2 Å². The second-order valence-corrected chi connectivity index (χ2v) is 8.75. The van der Waals surface area contributed by atoms with E-state index in [1.54, 1.807) is 30.3 Å². The third-order valence-corrected chi connectivity index (χ3v) is 5.88. The van der Waals surface area contributed by atoms with Crippen molar-refractivity contribution in [2.45, 2.75) is 6.61 Å². The molecule has 0 unspecified atom stereocenters. The first kappa shape index (κ1) is 21.7. The fourth-order valence-electron chi connectivity index (χ4n) is 2.99. The van der Waals surface area contributed by atoms with Crippen molar-refractivity contribution >= 4 is 69.5 Å². The molecule has 31 heavy (non-hydrogen) atoms. The van der Waals surface area contributed by atoms with Crippen molar-refractivity contribution in [3.63, 3.8) is 0 Å². The van der Waals surface area contributed by atoms with Gasteiger partial charge in [0.15, 0.2) is 0 Å². The van der Waals surface area contributed by atoms with E-state index in [9.17, 15) is 9.59 Å². The lowest BCUT2D eigenvalue weighted by atomic mass is 10.1. The third kappa shape index (κ3) is 5.03. The molecule has 0 radical (unpaired) electrons. The van der Waals surface area contributed by atoms with Crippen LogP contribution in [0.4, 0.5) is 10.5 Å². The van der Waals surface area contributed by atoms with Crippen molar-refractivity contribution in [2.75, 3.05) is 4.90 Å². The summed E-state index contributed by atoms with van der Waals surface area (Å²) in [5, 5.41) is 3.83. The predicted molar refractivity (Wildman–Crippen MR) is 130 cm³/mol. The van der Waals surface area contributed by atoms with E-state index in [1.807, 2.05) is 42.5 Å². The number of imide groups is 1. The largest absolute Gasteiger partial charge is 0.488 e. The van der Waals surface area contributed by atoms with E-state index >= 15 is 0 Å². The summed E-state index contributed by atoms with van der Waals surface area (Å²) in [5.41, 5.74) is 2.43. The quantitative estimate of drug-likeness (QED) is 0.225. The average molecular weight is 565 g/mol.